The van der Waals surface area contributed by atoms with E-state index < -0.39 is 5.54 Å². The van der Waals surface area contributed by atoms with E-state index in [1.165, 1.54) is 6.07 Å². The molecule has 2 fully saturated rings. The number of hydrogen-bond donors (Lipinski definition) is 1. The fraction of sp³-hybridized carbons (Fsp3) is 0.455. The second-order valence-corrected chi connectivity index (χ2v) is 7.69. The number of amides is 1. The van der Waals surface area contributed by atoms with Gasteiger partial charge in [-0.1, -0.05) is 0 Å². The fourth-order valence-corrected chi connectivity index (χ4v) is 4.34. The molecule has 2 aliphatic rings. The van der Waals surface area contributed by atoms with Gasteiger partial charge < -0.3 is 14.4 Å². The topological polar surface area (TPSA) is 63.7 Å². The van der Waals surface area contributed by atoms with Gasteiger partial charge in [0.15, 0.2) is 0 Å². The number of hydrogen-bond acceptors (Lipinski definition) is 5. The van der Waals surface area contributed by atoms with E-state index in [0.29, 0.717) is 29.4 Å². The summed E-state index contributed by atoms with van der Waals surface area (Å²) in [6, 6.07) is 8.22. The van der Waals surface area contributed by atoms with Crippen LogP contribution in [0.15, 0.2) is 30.3 Å². The third-order valence-electron chi connectivity index (χ3n) is 5.89. The summed E-state index contributed by atoms with van der Waals surface area (Å²) in [4.78, 5) is 19.0. The molecule has 0 radical (unpaired) electrons. The van der Waals surface area contributed by atoms with Gasteiger partial charge in [0, 0.05) is 25.2 Å². The zero-order valence-corrected chi connectivity index (χ0v) is 17.0. The lowest BCUT2D eigenvalue weighted by Gasteiger charge is -2.23. The van der Waals surface area contributed by atoms with Crippen LogP contribution in [-0.4, -0.2) is 48.6 Å². The van der Waals surface area contributed by atoms with Crippen LogP contribution >= 0.6 is 0 Å². The second kappa shape index (κ2) is 7.63. The summed E-state index contributed by atoms with van der Waals surface area (Å²) >= 11 is 0. The third-order valence-corrected chi connectivity index (χ3v) is 5.89. The number of methoxy groups -OCH3 is 1. The van der Waals surface area contributed by atoms with Crippen molar-refractivity contribution in [2.45, 2.75) is 37.8 Å². The van der Waals surface area contributed by atoms with Crippen LogP contribution in [0.4, 0.5) is 4.39 Å². The van der Waals surface area contributed by atoms with E-state index in [1.54, 1.807) is 30.2 Å². The highest BCUT2D eigenvalue weighted by Crippen LogP contribution is 2.40. The highest BCUT2D eigenvalue weighted by atomic mass is 19.1. The molecule has 1 amide bonds. The van der Waals surface area contributed by atoms with E-state index in [-0.39, 0.29) is 17.8 Å². The van der Waals surface area contributed by atoms with Gasteiger partial charge in [-0.15, -0.1) is 0 Å². The molecule has 6 nitrogen and oxygen atoms in total. The Labute approximate surface area is 170 Å². The van der Waals surface area contributed by atoms with E-state index in [0.717, 1.165) is 31.5 Å². The Morgan fingerprint density at radius 1 is 1.31 bits per heavy atom. The number of ether oxygens (including phenoxy) is 2. The van der Waals surface area contributed by atoms with E-state index in [9.17, 15) is 9.18 Å². The van der Waals surface area contributed by atoms with Gasteiger partial charge >= 0.3 is 0 Å². The number of nitrogens with zero attached hydrogens (tertiary/aromatic N) is 2. The lowest BCUT2D eigenvalue weighted by Crippen LogP contribution is -2.47. The molecule has 0 bridgehead atoms. The van der Waals surface area contributed by atoms with Crippen molar-refractivity contribution in [3.63, 3.8) is 0 Å². The first-order chi connectivity index (χ1) is 14.0. The lowest BCUT2D eigenvalue weighted by atomic mass is 9.96. The van der Waals surface area contributed by atoms with Gasteiger partial charge in [0.25, 0.3) is 0 Å². The molecule has 7 heteroatoms. The van der Waals surface area contributed by atoms with Crippen LogP contribution in [0.2, 0.25) is 0 Å². The van der Waals surface area contributed by atoms with Crippen LogP contribution in [0.1, 0.15) is 37.9 Å². The van der Waals surface area contributed by atoms with E-state index in [2.05, 4.69) is 10.3 Å². The molecule has 2 saturated heterocycles. The molecule has 2 aliphatic heterocycles. The van der Waals surface area contributed by atoms with Crippen LogP contribution in [-0.2, 0) is 4.79 Å². The SMILES string of the molecule is CCOc1ccc(F)c(-c2cc(OC)nc(C3CCC4(CCN(C)C4=O)N3)c2)c1. The largest absolute Gasteiger partial charge is 0.494 e. The highest BCUT2D eigenvalue weighted by molar-refractivity contribution is 5.88. The minimum Gasteiger partial charge on any atom is -0.494 e. The summed E-state index contributed by atoms with van der Waals surface area (Å²) in [5.74, 6) is 0.824. The maximum absolute atomic E-state index is 14.6. The summed E-state index contributed by atoms with van der Waals surface area (Å²) in [6.07, 6.45) is 2.35. The summed E-state index contributed by atoms with van der Waals surface area (Å²) in [5, 5.41) is 3.51. The maximum atomic E-state index is 14.6. The quantitative estimate of drug-likeness (QED) is 0.836. The van der Waals surface area contributed by atoms with Crippen molar-refractivity contribution in [3.05, 3.63) is 41.8 Å². The van der Waals surface area contributed by atoms with Crippen molar-refractivity contribution in [1.29, 1.82) is 0 Å². The monoisotopic (exact) mass is 399 g/mol. The molecule has 2 aromatic rings. The van der Waals surface area contributed by atoms with E-state index in [1.807, 2.05) is 20.0 Å². The molecule has 0 saturated carbocycles. The van der Waals surface area contributed by atoms with Crippen LogP contribution in [0, 0.1) is 5.82 Å². The van der Waals surface area contributed by atoms with E-state index in [4.69, 9.17) is 9.47 Å². The van der Waals surface area contributed by atoms with Crippen molar-refractivity contribution in [3.8, 4) is 22.8 Å². The van der Waals surface area contributed by atoms with Gasteiger partial charge in [0.1, 0.15) is 17.1 Å². The Kier molecular flexibility index (Phi) is 5.17. The molecule has 4 rings (SSSR count). The van der Waals surface area contributed by atoms with Gasteiger partial charge in [-0.3, -0.25) is 10.1 Å². The van der Waals surface area contributed by atoms with Gasteiger partial charge in [-0.25, -0.2) is 9.37 Å². The minimum absolute atomic E-state index is 0.0857. The highest BCUT2D eigenvalue weighted by Gasteiger charge is 2.50. The number of carbonyl (C=O) groups is 1. The Balaban J connectivity index is 1.69. The molecule has 29 heavy (non-hydrogen) atoms. The Morgan fingerprint density at radius 2 is 2.14 bits per heavy atom. The summed E-state index contributed by atoms with van der Waals surface area (Å²) < 4.78 is 25.5. The molecule has 2 atom stereocenters. The Morgan fingerprint density at radius 3 is 2.83 bits per heavy atom. The number of rotatable bonds is 5. The first-order valence-corrected chi connectivity index (χ1v) is 9.98. The number of aromatic nitrogens is 1. The van der Waals surface area contributed by atoms with Crippen molar-refractivity contribution in [1.82, 2.24) is 15.2 Å². The molecular weight excluding hydrogens is 373 g/mol. The molecule has 0 aliphatic carbocycles. The lowest BCUT2D eigenvalue weighted by molar-refractivity contribution is -0.131. The molecule has 1 aromatic heterocycles. The predicted octanol–water partition coefficient (Wildman–Crippen LogP) is 3.32. The molecule has 1 N–H and O–H groups in total. The standard InChI is InChI=1S/C22H26FN3O3/c1-4-29-15-5-6-17(23)16(13-15)14-11-19(24-20(12-14)28-3)18-7-8-22(25-18)9-10-26(2)21(22)27/h5-6,11-13,18,25H,4,7-10H2,1-3H3. The van der Waals surface area contributed by atoms with Crippen molar-refractivity contribution < 1.29 is 18.7 Å². The maximum Gasteiger partial charge on any atom is 0.242 e. The number of pyridine rings is 1. The normalized spacial score (nSPS) is 23.8. The predicted molar refractivity (Wildman–Crippen MR) is 107 cm³/mol. The second-order valence-electron chi connectivity index (χ2n) is 7.69. The third kappa shape index (κ3) is 3.55. The molecule has 1 spiro atoms. The van der Waals surface area contributed by atoms with Crippen LogP contribution in [0.3, 0.4) is 0 Å². The number of benzene rings is 1. The summed E-state index contributed by atoms with van der Waals surface area (Å²) in [7, 11) is 3.38. The zero-order chi connectivity index (χ0) is 20.6. The van der Waals surface area contributed by atoms with Crippen LogP contribution in [0.25, 0.3) is 11.1 Å². The van der Waals surface area contributed by atoms with Gasteiger partial charge in [-0.2, -0.15) is 0 Å². The first kappa shape index (κ1) is 19.6. The van der Waals surface area contributed by atoms with E-state index >= 15 is 0 Å². The smallest absolute Gasteiger partial charge is 0.242 e. The number of likely N-dealkylation sites (tertiary alicyclic amines) is 1. The van der Waals surface area contributed by atoms with Gasteiger partial charge in [0.2, 0.25) is 11.8 Å². The summed E-state index contributed by atoms with van der Waals surface area (Å²) in [6.45, 7) is 3.15. The Bertz CT molecular complexity index is 936. The van der Waals surface area contributed by atoms with Gasteiger partial charge in [-0.05, 0) is 56.0 Å². The number of halogens is 1. The molecule has 154 valence electrons. The number of nitrogens with one attached hydrogen (secondary N) is 1. The van der Waals surface area contributed by atoms with Gasteiger partial charge in [0.05, 0.1) is 25.5 Å². The van der Waals surface area contributed by atoms with Crippen molar-refractivity contribution >= 4 is 5.91 Å². The number of carbonyl (C=O) groups excluding carboxylic acids is 1. The fourth-order valence-electron chi connectivity index (χ4n) is 4.34. The molecule has 1 aromatic carbocycles. The van der Waals surface area contributed by atoms with Crippen LogP contribution < -0.4 is 14.8 Å². The minimum atomic E-state index is -0.509. The van der Waals surface area contributed by atoms with Crippen LogP contribution in [0.5, 0.6) is 11.6 Å². The molecule has 2 unspecified atom stereocenters. The molecule has 3 heterocycles. The zero-order valence-electron chi connectivity index (χ0n) is 17.0. The average Bonchev–Trinajstić information content (AvgIpc) is 3.29. The number of likely N-dealkylation sites (N-methyl/N-ethyl adjacent to an activating group) is 1. The Hall–Kier alpha value is -2.67. The van der Waals surface area contributed by atoms with Crippen molar-refractivity contribution in [2.24, 2.45) is 0 Å². The first-order valence-electron chi connectivity index (χ1n) is 9.98. The van der Waals surface area contributed by atoms with Crippen molar-refractivity contribution in [2.75, 3.05) is 27.3 Å². The summed E-state index contributed by atoms with van der Waals surface area (Å²) in [5.41, 5.74) is 1.34. The average molecular weight is 399 g/mol. The molecular formula is C22H26FN3O3.